The third-order valence-corrected chi connectivity index (χ3v) is 11.1. The van der Waals surface area contributed by atoms with E-state index in [4.69, 9.17) is 9.47 Å². The number of carbonyl (C=O) groups is 2. The van der Waals surface area contributed by atoms with Crippen LogP contribution in [0.1, 0.15) is 48.3 Å². The van der Waals surface area contributed by atoms with Crippen LogP contribution in [-0.4, -0.2) is 75.5 Å². The molecule has 0 radical (unpaired) electrons. The van der Waals surface area contributed by atoms with Gasteiger partial charge in [-0.05, 0) is 78.7 Å². The van der Waals surface area contributed by atoms with Crippen molar-refractivity contribution in [2.45, 2.75) is 49.2 Å². The van der Waals surface area contributed by atoms with E-state index >= 15 is 0 Å². The van der Waals surface area contributed by atoms with Gasteiger partial charge in [-0.25, -0.2) is 8.42 Å². The summed E-state index contributed by atoms with van der Waals surface area (Å²) in [6.07, 6.45) is 2.62. The topological polar surface area (TPSA) is 102 Å². The van der Waals surface area contributed by atoms with Crippen molar-refractivity contribution in [3.05, 3.63) is 95.6 Å². The van der Waals surface area contributed by atoms with E-state index in [9.17, 15) is 18.0 Å². The molecule has 0 aliphatic carbocycles. The summed E-state index contributed by atoms with van der Waals surface area (Å²) < 4.78 is 44.2. The second-order valence-electron chi connectivity index (χ2n) is 12.3. The molecule has 45 heavy (non-hydrogen) atoms. The summed E-state index contributed by atoms with van der Waals surface area (Å²) >= 11 is 0. The fraction of sp³-hybridized carbons (Fsp3) is 0.429. The minimum absolute atomic E-state index is 0.0204. The first-order valence-electron chi connectivity index (χ1n) is 15.6. The molecule has 0 N–H and O–H groups in total. The van der Waals surface area contributed by atoms with Crippen LogP contribution in [0.3, 0.4) is 0 Å². The molecule has 4 aliphatic rings. The fourth-order valence-corrected chi connectivity index (χ4v) is 8.20. The van der Waals surface area contributed by atoms with Crippen molar-refractivity contribution in [2.24, 2.45) is 11.8 Å². The second-order valence-corrected chi connectivity index (χ2v) is 14.2. The first-order valence-corrected chi connectivity index (χ1v) is 17.1. The number of nitrogens with zero attached hydrogens (tertiary/aromatic N) is 2. The molecule has 4 aliphatic heterocycles. The number of methoxy groups -OCH3 is 1. The molecule has 0 amide bonds. The van der Waals surface area contributed by atoms with Gasteiger partial charge in [0, 0.05) is 25.6 Å². The molecule has 0 saturated carbocycles. The average molecular weight is 633 g/mol. The number of hydrogen-bond donors (Lipinski definition) is 0. The van der Waals surface area contributed by atoms with Crippen molar-refractivity contribution in [2.75, 3.05) is 39.8 Å². The van der Waals surface area contributed by atoms with Crippen LogP contribution in [0.15, 0.2) is 83.8 Å². The molecule has 0 unspecified atom stereocenters. The van der Waals surface area contributed by atoms with Crippen LogP contribution in [0.5, 0.6) is 5.75 Å². The Labute approximate surface area is 265 Å². The van der Waals surface area contributed by atoms with Gasteiger partial charge in [0.05, 0.1) is 24.8 Å². The summed E-state index contributed by atoms with van der Waals surface area (Å²) in [5, 5.41) is 0. The Kier molecular flexibility index (Phi) is 9.53. The number of carbonyl (C=O) groups excluding carboxylic acids is 2. The normalized spacial score (nSPS) is 22.3. The van der Waals surface area contributed by atoms with Crippen molar-refractivity contribution in [1.29, 1.82) is 0 Å². The Morgan fingerprint density at radius 3 is 2.24 bits per heavy atom. The largest absolute Gasteiger partial charge is 0.489 e. The molecule has 2 atom stereocenters. The molecule has 0 spiro atoms. The van der Waals surface area contributed by atoms with Gasteiger partial charge in [-0.1, -0.05) is 54.6 Å². The Bertz CT molecular complexity index is 1580. The van der Waals surface area contributed by atoms with Crippen LogP contribution in [0.4, 0.5) is 0 Å². The van der Waals surface area contributed by atoms with Gasteiger partial charge in [0.15, 0.2) is 0 Å². The maximum Gasteiger partial charge on any atom is 0.307 e. The molecule has 10 heteroatoms. The van der Waals surface area contributed by atoms with Crippen molar-refractivity contribution >= 4 is 22.0 Å². The first-order chi connectivity index (χ1) is 21.8. The van der Waals surface area contributed by atoms with Crippen LogP contribution in [0.2, 0.25) is 0 Å². The minimum Gasteiger partial charge on any atom is -0.489 e. The first kappa shape index (κ1) is 31.3. The molecule has 3 aromatic rings. The number of sulfonamides is 1. The maximum atomic E-state index is 13.2. The zero-order valence-electron chi connectivity index (χ0n) is 25.5. The Morgan fingerprint density at radius 2 is 1.58 bits per heavy atom. The van der Waals surface area contributed by atoms with E-state index in [0.29, 0.717) is 24.8 Å². The van der Waals surface area contributed by atoms with E-state index in [1.165, 1.54) is 11.4 Å². The highest BCUT2D eigenvalue weighted by Crippen LogP contribution is 2.34. The van der Waals surface area contributed by atoms with E-state index < -0.39 is 10.0 Å². The van der Waals surface area contributed by atoms with E-state index in [0.717, 1.165) is 49.2 Å². The van der Waals surface area contributed by atoms with Gasteiger partial charge in [-0.2, -0.15) is 4.31 Å². The molecule has 3 aromatic carbocycles. The highest BCUT2D eigenvalue weighted by Gasteiger charge is 2.38. The number of hydrogen-bond acceptors (Lipinski definition) is 8. The van der Waals surface area contributed by atoms with Crippen molar-refractivity contribution in [1.82, 2.24) is 9.21 Å². The number of piperidine rings is 3. The number of benzene rings is 3. The fourth-order valence-electron chi connectivity index (χ4n) is 6.60. The summed E-state index contributed by atoms with van der Waals surface area (Å²) in [5.41, 5.74) is 2.83. The lowest BCUT2D eigenvalue weighted by molar-refractivity contribution is -0.159. The summed E-state index contributed by atoms with van der Waals surface area (Å²) in [6.45, 7) is 3.89. The molecular weight excluding hydrogens is 592 g/mol. The molecule has 9 nitrogen and oxygen atoms in total. The molecule has 2 bridgehead atoms. The summed E-state index contributed by atoms with van der Waals surface area (Å²) in [5.74, 6) is 0.412. The zero-order valence-corrected chi connectivity index (χ0v) is 26.4. The van der Waals surface area contributed by atoms with Gasteiger partial charge in [0.1, 0.15) is 18.5 Å². The Hall–Kier alpha value is -3.73. The molecule has 4 saturated heterocycles. The standard InChI is InChI=1S/C35H40N2O7S/c1-42-34(38)18-26-21-37(22-26)45(40,41)31-12-10-25(11-13-31)24-43-30-9-5-8-29(19-30)32(27-6-3-2-4-7-27)20-35(39)44-33-23-36-16-14-28(33)15-17-36/h2-13,19,26,28,32-33H,14-18,20-24H2,1H3/t32-,33-/m0/s1. The lowest BCUT2D eigenvalue weighted by Gasteiger charge is -2.44. The quantitative estimate of drug-likeness (QED) is 0.267. The smallest absolute Gasteiger partial charge is 0.307 e. The molecule has 4 heterocycles. The highest BCUT2D eigenvalue weighted by atomic mass is 32.2. The monoisotopic (exact) mass is 632 g/mol. The van der Waals surface area contributed by atoms with Crippen LogP contribution in [-0.2, 0) is 35.7 Å². The Balaban J connectivity index is 1.08. The minimum atomic E-state index is -3.62. The van der Waals surface area contributed by atoms with Crippen LogP contribution in [0, 0.1) is 11.8 Å². The van der Waals surface area contributed by atoms with Crippen LogP contribution >= 0.6 is 0 Å². The second kappa shape index (κ2) is 13.7. The molecule has 0 aromatic heterocycles. The molecular formula is C35H40N2O7S. The maximum absolute atomic E-state index is 13.2. The summed E-state index contributed by atoms with van der Waals surface area (Å²) in [6, 6.07) is 24.5. The number of rotatable bonds is 12. The SMILES string of the molecule is COC(=O)CC1CN(S(=O)(=O)c2ccc(COc3cccc([C@@H](CC(=O)O[C@H]4CN5CCC4CC5)c4ccccc4)c3)cc2)C1. The number of ether oxygens (including phenoxy) is 3. The lowest BCUT2D eigenvalue weighted by Crippen LogP contribution is -2.52. The van der Waals surface area contributed by atoms with E-state index in [1.54, 1.807) is 24.3 Å². The third kappa shape index (κ3) is 7.40. The van der Waals surface area contributed by atoms with E-state index in [-0.39, 0.29) is 54.2 Å². The number of fused-ring (bicyclic) bond motifs is 3. The zero-order chi connectivity index (χ0) is 31.4. The molecule has 7 rings (SSSR count). The van der Waals surface area contributed by atoms with Gasteiger partial charge >= 0.3 is 11.9 Å². The van der Waals surface area contributed by atoms with Crippen molar-refractivity contribution in [3.8, 4) is 5.75 Å². The van der Waals surface area contributed by atoms with Gasteiger partial charge in [-0.3, -0.25) is 14.5 Å². The summed E-state index contributed by atoms with van der Waals surface area (Å²) in [4.78, 5) is 27.3. The van der Waals surface area contributed by atoms with E-state index in [1.807, 2.05) is 54.6 Å². The predicted octanol–water partition coefficient (Wildman–Crippen LogP) is 4.61. The van der Waals surface area contributed by atoms with Gasteiger partial charge in [0.2, 0.25) is 10.0 Å². The summed E-state index contributed by atoms with van der Waals surface area (Å²) in [7, 11) is -2.29. The van der Waals surface area contributed by atoms with Crippen molar-refractivity contribution in [3.63, 3.8) is 0 Å². The molecule has 4 fully saturated rings. The third-order valence-electron chi connectivity index (χ3n) is 9.29. The van der Waals surface area contributed by atoms with Gasteiger partial charge < -0.3 is 14.2 Å². The van der Waals surface area contributed by atoms with Crippen LogP contribution < -0.4 is 4.74 Å². The molecule has 238 valence electrons. The van der Waals surface area contributed by atoms with E-state index in [2.05, 4.69) is 9.64 Å². The lowest BCUT2D eigenvalue weighted by atomic mass is 9.85. The van der Waals surface area contributed by atoms with Gasteiger partial charge in [-0.15, -0.1) is 0 Å². The van der Waals surface area contributed by atoms with Gasteiger partial charge in [0.25, 0.3) is 0 Å². The average Bonchev–Trinajstić information content (AvgIpc) is 3.05. The van der Waals surface area contributed by atoms with Crippen molar-refractivity contribution < 1.29 is 32.2 Å². The highest BCUT2D eigenvalue weighted by molar-refractivity contribution is 7.89. The predicted molar refractivity (Wildman–Crippen MR) is 168 cm³/mol. The van der Waals surface area contributed by atoms with Crippen LogP contribution in [0.25, 0.3) is 0 Å². The Morgan fingerprint density at radius 1 is 0.867 bits per heavy atom. The number of esters is 2.